The first kappa shape index (κ1) is 34.1. The molecular weight excluding hydrogens is 759 g/mol. The Hall–Kier alpha value is -7.79. The molecule has 61 heavy (non-hydrogen) atoms. The van der Waals surface area contributed by atoms with Crippen LogP contribution in [0.3, 0.4) is 0 Å². The number of nitrogens with zero attached hydrogens (tertiary/aromatic N) is 3. The maximum absolute atomic E-state index is 5.36. The first-order valence-electron chi connectivity index (χ1n) is 20.7. The third-order valence-electron chi connectivity index (χ3n) is 12.4. The lowest BCUT2D eigenvalue weighted by atomic mass is 9.87. The molecule has 0 fully saturated rings. The summed E-state index contributed by atoms with van der Waals surface area (Å²) in [6.45, 7) is 0. The van der Waals surface area contributed by atoms with E-state index in [2.05, 4.69) is 200 Å². The van der Waals surface area contributed by atoms with E-state index >= 15 is 0 Å². The lowest BCUT2D eigenvalue weighted by Crippen LogP contribution is -2.00. The van der Waals surface area contributed by atoms with Gasteiger partial charge in [0.15, 0.2) is 17.5 Å². The van der Waals surface area contributed by atoms with Crippen LogP contribution in [0.4, 0.5) is 0 Å². The van der Waals surface area contributed by atoms with Gasteiger partial charge in [0.25, 0.3) is 0 Å². The third-order valence-corrected chi connectivity index (χ3v) is 13.5. The Morgan fingerprint density at radius 3 is 1.36 bits per heavy atom. The summed E-state index contributed by atoms with van der Waals surface area (Å²) in [4.78, 5) is 17.2. The first-order chi connectivity index (χ1) is 30.2. The summed E-state index contributed by atoms with van der Waals surface area (Å²) in [5.41, 5.74) is 6.22. The fourth-order valence-corrected chi connectivity index (χ4v) is 10.6. The van der Waals surface area contributed by atoms with Gasteiger partial charge in [-0.2, -0.15) is 0 Å². The van der Waals surface area contributed by atoms with E-state index < -0.39 is 0 Å². The van der Waals surface area contributed by atoms with Gasteiger partial charge in [-0.3, -0.25) is 0 Å². The van der Waals surface area contributed by atoms with Gasteiger partial charge in [0.1, 0.15) is 0 Å². The summed E-state index contributed by atoms with van der Waals surface area (Å²) in [7, 11) is 0. The molecule has 0 aliphatic heterocycles. The van der Waals surface area contributed by atoms with Gasteiger partial charge in [0.05, 0.1) is 0 Å². The zero-order chi connectivity index (χ0) is 40.0. The number of benzene rings is 10. The Balaban J connectivity index is 1.10. The molecule has 11 aromatic carbocycles. The van der Waals surface area contributed by atoms with Gasteiger partial charge >= 0.3 is 0 Å². The monoisotopic (exact) mass is 791 g/mol. The van der Waals surface area contributed by atoms with Gasteiger partial charge in [-0.1, -0.05) is 164 Å². The fraction of sp³-hybridized carbons (Fsp3) is 0. The van der Waals surface area contributed by atoms with Crippen LogP contribution in [0.25, 0.3) is 130 Å². The van der Waals surface area contributed by atoms with Crippen LogP contribution in [0.2, 0.25) is 0 Å². The smallest absolute Gasteiger partial charge is 0.164 e. The summed E-state index contributed by atoms with van der Waals surface area (Å²) in [6.07, 6.45) is 0. The van der Waals surface area contributed by atoms with Crippen molar-refractivity contribution in [1.82, 2.24) is 15.0 Å². The lowest BCUT2D eigenvalue weighted by Gasteiger charge is -2.17. The zero-order valence-electron chi connectivity index (χ0n) is 32.8. The van der Waals surface area contributed by atoms with E-state index in [0.29, 0.717) is 17.5 Å². The van der Waals surface area contributed by atoms with Crippen LogP contribution < -0.4 is 0 Å². The van der Waals surface area contributed by atoms with Gasteiger partial charge in [-0.05, 0) is 123 Å². The molecule has 0 saturated heterocycles. The van der Waals surface area contributed by atoms with E-state index in [-0.39, 0.29) is 0 Å². The van der Waals surface area contributed by atoms with Gasteiger partial charge in [0.2, 0.25) is 0 Å². The minimum atomic E-state index is 0.634. The quantitative estimate of drug-likeness (QED) is 0.163. The van der Waals surface area contributed by atoms with Crippen molar-refractivity contribution in [1.29, 1.82) is 0 Å². The maximum Gasteiger partial charge on any atom is 0.164 e. The van der Waals surface area contributed by atoms with Crippen molar-refractivity contribution in [2.75, 3.05) is 0 Å². The molecule has 2 aromatic heterocycles. The van der Waals surface area contributed by atoms with Crippen LogP contribution in [0, 0.1) is 0 Å². The van der Waals surface area contributed by atoms with Crippen LogP contribution in [-0.2, 0) is 0 Å². The number of fused-ring (bicyclic) bond motifs is 3. The molecule has 0 aliphatic carbocycles. The highest BCUT2D eigenvalue weighted by molar-refractivity contribution is 7.22. The van der Waals surface area contributed by atoms with Crippen molar-refractivity contribution in [2.24, 2.45) is 0 Å². The average Bonchev–Trinajstić information content (AvgIpc) is 3.77. The number of thiophene rings is 1. The SMILES string of the molecule is c1ccc(-c2cccc(-c3nc(-c4cccc(-c5cc6ccccc6s5)c4)nc(-c4cc5ccc6cccc7c8cccc9ccc%10cccc(c(c4)c5c67)c%10c98)n3)c2)cc1. The zero-order valence-corrected chi connectivity index (χ0v) is 33.6. The van der Waals surface area contributed by atoms with E-state index in [1.165, 1.54) is 74.2 Å². The highest BCUT2D eigenvalue weighted by atomic mass is 32.1. The third kappa shape index (κ3) is 5.46. The summed E-state index contributed by atoms with van der Waals surface area (Å²) in [5, 5.41) is 16.1. The molecule has 282 valence electrons. The Morgan fingerprint density at radius 2 is 0.721 bits per heavy atom. The van der Waals surface area contributed by atoms with Crippen molar-refractivity contribution in [3.8, 4) is 55.7 Å². The van der Waals surface area contributed by atoms with Crippen molar-refractivity contribution in [3.05, 3.63) is 200 Å². The molecular formula is C57H33N3S. The summed E-state index contributed by atoms with van der Waals surface area (Å²) < 4.78 is 1.27. The van der Waals surface area contributed by atoms with Gasteiger partial charge < -0.3 is 0 Å². The molecule has 13 aromatic rings. The van der Waals surface area contributed by atoms with Crippen LogP contribution in [0.1, 0.15) is 0 Å². The molecule has 0 amide bonds. The topological polar surface area (TPSA) is 38.7 Å². The highest BCUT2D eigenvalue weighted by Crippen LogP contribution is 2.44. The second-order valence-electron chi connectivity index (χ2n) is 15.9. The molecule has 2 heterocycles. The molecule has 0 saturated carbocycles. The molecule has 0 atom stereocenters. The summed E-state index contributed by atoms with van der Waals surface area (Å²) in [5.74, 6) is 1.91. The standard InChI is InChI=1S/C57H33N3S/c1-2-11-34(12-3-1)38-17-6-19-42(29-38)55-58-56(43-20-7-18-39(30-43)50-33-40-13-4-5-24-49(40)61-50)60-57(59-55)44-31-41-28-27-37-15-9-22-46-45-21-8-14-35-25-26-36-16-10-23-47(53(36)51(35)45)48(32-44)54(41)52(37)46/h1-33H. The predicted molar refractivity (Wildman–Crippen MR) is 259 cm³/mol. The molecule has 0 unspecified atom stereocenters. The molecule has 0 bridgehead atoms. The molecule has 0 N–H and O–H groups in total. The van der Waals surface area contributed by atoms with Gasteiger partial charge in [-0.25, -0.2) is 15.0 Å². The van der Waals surface area contributed by atoms with Crippen LogP contribution in [-0.4, -0.2) is 15.0 Å². The van der Waals surface area contributed by atoms with Gasteiger partial charge in [-0.15, -0.1) is 11.3 Å². The van der Waals surface area contributed by atoms with Crippen LogP contribution in [0.15, 0.2) is 200 Å². The van der Waals surface area contributed by atoms with Crippen molar-refractivity contribution in [2.45, 2.75) is 0 Å². The number of rotatable bonds is 5. The van der Waals surface area contributed by atoms with E-state index in [0.717, 1.165) is 38.8 Å². The Bertz CT molecular complexity index is 3850. The molecule has 0 radical (unpaired) electrons. The minimum absolute atomic E-state index is 0.634. The second kappa shape index (κ2) is 13.4. The van der Waals surface area contributed by atoms with Crippen LogP contribution >= 0.6 is 11.3 Å². The van der Waals surface area contributed by atoms with E-state index in [1.807, 2.05) is 0 Å². The molecule has 0 aliphatic rings. The average molecular weight is 792 g/mol. The molecule has 4 heteroatoms. The Morgan fingerprint density at radius 1 is 0.262 bits per heavy atom. The number of hydrogen-bond donors (Lipinski definition) is 0. The molecule has 3 nitrogen and oxygen atoms in total. The summed E-state index contributed by atoms with van der Waals surface area (Å²) >= 11 is 1.81. The Kier molecular flexibility index (Phi) is 7.47. The Labute approximate surface area is 355 Å². The van der Waals surface area contributed by atoms with Gasteiger partial charge in [0, 0.05) is 26.3 Å². The second-order valence-corrected chi connectivity index (χ2v) is 17.0. The van der Waals surface area contributed by atoms with Crippen molar-refractivity contribution in [3.63, 3.8) is 0 Å². The highest BCUT2D eigenvalue weighted by Gasteiger charge is 2.19. The minimum Gasteiger partial charge on any atom is -0.208 e. The maximum atomic E-state index is 5.36. The summed E-state index contributed by atoms with van der Waals surface area (Å²) in [6, 6.07) is 72.4. The van der Waals surface area contributed by atoms with E-state index in [1.54, 1.807) is 11.3 Å². The predicted octanol–water partition coefficient (Wildman–Crippen LogP) is 15.8. The molecule has 13 rings (SSSR count). The van der Waals surface area contributed by atoms with E-state index in [4.69, 9.17) is 15.0 Å². The normalized spacial score (nSPS) is 11.9. The van der Waals surface area contributed by atoms with Crippen molar-refractivity contribution >= 4 is 86.1 Å². The lowest BCUT2D eigenvalue weighted by molar-refractivity contribution is 1.08. The largest absolute Gasteiger partial charge is 0.208 e. The fourth-order valence-electron chi connectivity index (χ4n) is 9.58. The van der Waals surface area contributed by atoms with E-state index in [9.17, 15) is 0 Å². The number of aromatic nitrogens is 3. The first-order valence-corrected chi connectivity index (χ1v) is 21.5. The number of hydrogen-bond acceptors (Lipinski definition) is 4. The molecule has 0 spiro atoms. The van der Waals surface area contributed by atoms with Crippen LogP contribution in [0.5, 0.6) is 0 Å². The van der Waals surface area contributed by atoms with Crippen molar-refractivity contribution < 1.29 is 0 Å².